The van der Waals surface area contributed by atoms with Crippen LogP contribution in [0.4, 0.5) is 11.5 Å². The minimum absolute atomic E-state index is 0.0386. The van der Waals surface area contributed by atoms with Crippen molar-refractivity contribution in [3.8, 4) is 5.75 Å². The number of phenols is 1. The maximum absolute atomic E-state index is 12.0. The number of aryl methyl sites for hydroxylation is 1. The number of aromatic hydroxyl groups is 1. The van der Waals surface area contributed by atoms with Gasteiger partial charge in [0.25, 0.3) is 0 Å². The third-order valence-electron chi connectivity index (χ3n) is 3.96. The van der Waals surface area contributed by atoms with Gasteiger partial charge in [0.2, 0.25) is 0 Å². The smallest absolute Gasteiger partial charge is 0.343 e. The van der Waals surface area contributed by atoms with Gasteiger partial charge in [0.15, 0.2) is 11.6 Å². The highest BCUT2D eigenvalue weighted by Crippen LogP contribution is 2.39. The lowest BCUT2D eigenvalue weighted by Crippen LogP contribution is -2.02. The van der Waals surface area contributed by atoms with E-state index < -0.39 is 11.9 Å². The zero-order chi connectivity index (χ0) is 19.6. The van der Waals surface area contributed by atoms with Crippen LogP contribution in [0.2, 0.25) is 0 Å². The highest BCUT2D eigenvalue weighted by molar-refractivity contribution is 6.05. The number of hydrogen-bond donors (Lipinski definition) is 1. The minimum Gasteiger partial charge on any atom is -0.505 e. The molecular formula is C18H16N4O5. The zero-order valence-electron chi connectivity index (χ0n) is 14.8. The molecular weight excluding hydrogens is 352 g/mol. The van der Waals surface area contributed by atoms with Crippen molar-refractivity contribution in [2.24, 2.45) is 17.3 Å². The molecule has 0 amide bonds. The van der Waals surface area contributed by atoms with Crippen molar-refractivity contribution in [1.82, 2.24) is 9.78 Å². The van der Waals surface area contributed by atoms with Crippen molar-refractivity contribution >= 4 is 34.2 Å². The van der Waals surface area contributed by atoms with E-state index in [4.69, 9.17) is 9.47 Å². The van der Waals surface area contributed by atoms with E-state index in [1.54, 1.807) is 31.3 Å². The fourth-order valence-electron chi connectivity index (χ4n) is 2.59. The molecule has 0 bridgehead atoms. The largest absolute Gasteiger partial charge is 0.505 e. The lowest BCUT2D eigenvalue weighted by Gasteiger charge is -2.09. The molecule has 0 atom stereocenters. The summed E-state index contributed by atoms with van der Waals surface area (Å²) < 4.78 is 10.8. The van der Waals surface area contributed by atoms with Crippen LogP contribution in [0, 0.1) is 0 Å². The van der Waals surface area contributed by atoms with Crippen molar-refractivity contribution in [2.75, 3.05) is 14.2 Å². The van der Waals surface area contributed by atoms with Gasteiger partial charge in [-0.15, -0.1) is 10.2 Å². The van der Waals surface area contributed by atoms with E-state index in [1.165, 1.54) is 31.2 Å². The van der Waals surface area contributed by atoms with Crippen LogP contribution in [0.1, 0.15) is 20.7 Å². The van der Waals surface area contributed by atoms with Gasteiger partial charge in [-0.25, -0.2) is 14.3 Å². The van der Waals surface area contributed by atoms with Crippen molar-refractivity contribution in [2.45, 2.75) is 0 Å². The maximum atomic E-state index is 12.0. The Morgan fingerprint density at radius 1 is 1.07 bits per heavy atom. The second kappa shape index (κ2) is 7.24. The van der Waals surface area contributed by atoms with Crippen LogP contribution < -0.4 is 0 Å². The molecule has 138 valence electrons. The monoisotopic (exact) mass is 368 g/mol. The molecule has 0 spiro atoms. The number of fused-ring (bicyclic) bond motifs is 1. The van der Waals surface area contributed by atoms with E-state index in [-0.39, 0.29) is 28.4 Å². The Kier molecular flexibility index (Phi) is 4.84. The lowest BCUT2D eigenvalue weighted by molar-refractivity contribution is 0.0590. The Morgan fingerprint density at radius 2 is 1.74 bits per heavy atom. The fraction of sp³-hybridized carbons (Fsp3) is 0.167. The van der Waals surface area contributed by atoms with Crippen molar-refractivity contribution in [3.63, 3.8) is 0 Å². The predicted molar refractivity (Wildman–Crippen MR) is 95.7 cm³/mol. The maximum Gasteiger partial charge on any atom is 0.343 e. The molecule has 1 aromatic heterocycles. The van der Waals surface area contributed by atoms with E-state index in [9.17, 15) is 14.7 Å². The topological polar surface area (TPSA) is 115 Å². The van der Waals surface area contributed by atoms with Gasteiger partial charge in [-0.2, -0.15) is 5.10 Å². The van der Waals surface area contributed by atoms with Gasteiger partial charge < -0.3 is 14.6 Å². The Hall–Kier alpha value is -3.75. The first-order chi connectivity index (χ1) is 13.0. The summed E-state index contributed by atoms with van der Waals surface area (Å²) in [6, 6.07) is 8.57. The van der Waals surface area contributed by atoms with E-state index >= 15 is 0 Å². The number of aromatic nitrogens is 2. The lowest BCUT2D eigenvalue weighted by atomic mass is 10.0. The van der Waals surface area contributed by atoms with Crippen LogP contribution in [-0.4, -0.2) is 41.0 Å². The molecule has 0 saturated heterocycles. The summed E-state index contributed by atoms with van der Waals surface area (Å²) in [5, 5.41) is 23.9. The van der Waals surface area contributed by atoms with Crippen LogP contribution in [0.5, 0.6) is 5.75 Å². The van der Waals surface area contributed by atoms with Gasteiger partial charge in [0.05, 0.1) is 20.4 Å². The molecule has 0 aliphatic carbocycles. The van der Waals surface area contributed by atoms with Crippen LogP contribution in [0.15, 0.2) is 46.8 Å². The number of carbonyl (C=O) groups excluding carboxylic acids is 2. The van der Waals surface area contributed by atoms with E-state index in [2.05, 4.69) is 15.3 Å². The number of hydrogen-bond acceptors (Lipinski definition) is 8. The molecule has 27 heavy (non-hydrogen) atoms. The molecule has 9 nitrogen and oxygen atoms in total. The van der Waals surface area contributed by atoms with Crippen LogP contribution in [0.3, 0.4) is 0 Å². The van der Waals surface area contributed by atoms with Gasteiger partial charge in [0.1, 0.15) is 16.8 Å². The minimum atomic E-state index is -0.703. The Balaban J connectivity index is 2.19. The van der Waals surface area contributed by atoms with Gasteiger partial charge >= 0.3 is 11.9 Å². The van der Waals surface area contributed by atoms with Crippen LogP contribution in [0.25, 0.3) is 10.8 Å². The average Bonchev–Trinajstić information content (AvgIpc) is 3.06. The summed E-state index contributed by atoms with van der Waals surface area (Å²) >= 11 is 0. The van der Waals surface area contributed by atoms with Gasteiger partial charge in [-0.3, -0.25) is 0 Å². The summed E-state index contributed by atoms with van der Waals surface area (Å²) in [4.78, 5) is 23.8. The fourth-order valence-corrected chi connectivity index (χ4v) is 2.59. The summed E-state index contributed by atoms with van der Waals surface area (Å²) in [6.45, 7) is 0. The SMILES string of the molecule is COC(=O)c1cc2ccccc2c(N=Nc2c(C(=O)OC)cnn2C)c1O. The second-order valence-corrected chi connectivity index (χ2v) is 5.53. The molecule has 9 heteroatoms. The molecule has 3 aromatic rings. The summed E-state index contributed by atoms with van der Waals surface area (Å²) in [5.41, 5.74) is 0.158. The van der Waals surface area contributed by atoms with Crippen molar-refractivity contribution in [1.29, 1.82) is 0 Å². The molecule has 0 aliphatic heterocycles. The van der Waals surface area contributed by atoms with E-state index in [1.807, 2.05) is 0 Å². The number of carbonyl (C=O) groups is 2. The molecule has 1 heterocycles. The average molecular weight is 368 g/mol. The first-order valence-electron chi connectivity index (χ1n) is 7.83. The quantitative estimate of drug-likeness (QED) is 0.558. The molecule has 3 rings (SSSR count). The highest BCUT2D eigenvalue weighted by atomic mass is 16.5. The van der Waals surface area contributed by atoms with Gasteiger partial charge in [-0.1, -0.05) is 24.3 Å². The Bertz CT molecular complexity index is 1070. The predicted octanol–water partition coefficient (Wildman–Crippen LogP) is 3.27. The number of benzene rings is 2. The number of methoxy groups -OCH3 is 2. The summed E-state index contributed by atoms with van der Waals surface area (Å²) in [6.07, 6.45) is 1.31. The second-order valence-electron chi connectivity index (χ2n) is 5.53. The first kappa shape index (κ1) is 18.1. The number of rotatable bonds is 4. The van der Waals surface area contributed by atoms with Crippen molar-refractivity contribution < 1.29 is 24.2 Å². The van der Waals surface area contributed by atoms with Crippen molar-refractivity contribution in [3.05, 3.63) is 47.7 Å². The number of nitrogens with zero attached hydrogens (tertiary/aromatic N) is 4. The number of esters is 2. The summed E-state index contributed by atoms with van der Waals surface area (Å²) in [7, 11) is 4.05. The molecule has 0 saturated carbocycles. The van der Waals surface area contributed by atoms with Gasteiger partial charge in [0, 0.05) is 12.4 Å². The Labute approximate surface area is 153 Å². The third-order valence-corrected chi connectivity index (χ3v) is 3.96. The van der Waals surface area contributed by atoms with Gasteiger partial charge in [-0.05, 0) is 11.5 Å². The normalized spacial score (nSPS) is 11.1. The highest BCUT2D eigenvalue weighted by Gasteiger charge is 2.20. The molecule has 1 N–H and O–H groups in total. The van der Waals surface area contributed by atoms with E-state index in [0.717, 1.165) is 0 Å². The Morgan fingerprint density at radius 3 is 2.44 bits per heavy atom. The van der Waals surface area contributed by atoms with Crippen LogP contribution in [-0.2, 0) is 16.5 Å². The molecule has 2 aromatic carbocycles. The molecule has 0 fully saturated rings. The molecule has 0 aliphatic rings. The number of azo groups is 1. The zero-order valence-corrected chi connectivity index (χ0v) is 14.8. The first-order valence-corrected chi connectivity index (χ1v) is 7.83. The molecule has 0 unspecified atom stereocenters. The van der Waals surface area contributed by atoms with Crippen LogP contribution >= 0.6 is 0 Å². The number of phenolic OH excluding ortho intramolecular Hbond substituents is 1. The summed E-state index contributed by atoms with van der Waals surface area (Å²) in [5.74, 6) is -1.54. The third kappa shape index (κ3) is 3.22. The standard InChI is InChI=1S/C18H16N4O5/c1-22-16(13(9-19-22)18(25)27-3)21-20-14-11-7-5-4-6-10(11)8-12(15(14)23)17(24)26-2/h4-9,23H,1-3H3. The van der Waals surface area contributed by atoms with E-state index in [0.29, 0.717) is 10.8 Å². The number of ether oxygens (including phenoxy) is 2. The molecule has 0 radical (unpaired) electrons.